The highest BCUT2D eigenvalue weighted by atomic mass is 28.4. The maximum absolute atomic E-state index is 9.99. The second-order valence-corrected chi connectivity index (χ2v) is 31.8. The van der Waals surface area contributed by atoms with E-state index in [1.165, 1.54) is 10.4 Å². The van der Waals surface area contributed by atoms with Gasteiger partial charge in [0, 0.05) is 12.5 Å². The number of benzene rings is 2. The Balaban J connectivity index is 1.94. The van der Waals surface area contributed by atoms with Crippen molar-refractivity contribution >= 4 is 35.3 Å². The van der Waals surface area contributed by atoms with E-state index in [9.17, 15) is 5.11 Å². The lowest BCUT2D eigenvalue weighted by Crippen LogP contribution is -2.66. The molecule has 0 amide bonds. The molecule has 268 valence electrons. The van der Waals surface area contributed by atoms with E-state index in [1.54, 1.807) is 0 Å². The van der Waals surface area contributed by atoms with Crippen LogP contribution in [0.3, 0.4) is 0 Å². The van der Waals surface area contributed by atoms with E-state index in [0.29, 0.717) is 6.61 Å². The summed E-state index contributed by atoms with van der Waals surface area (Å²) in [6.07, 6.45) is 5.54. The Morgan fingerprint density at radius 1 is 0.729 bits per heavy atom. The van der Waals surface area contributed by atoms with Gasteiger partial charge in [0.15, 0.2) is 16.6 Å². The van der Waals surface area contributed by atoms with Gasteiger partial charge in [-0.05, 0) is 82.1 Å². The average Bonchev–Trinajstić information content (AvgIpc) is 2.97. The van der Waals surface area contributed by atoms with Crippen LogP contribution in [0.5, 0.6) is 0 Å². The highest BCUT2D eigenvalue weighted by molar-refractivity contribution is 6.99. The molecule has 2 aromatic rings. The molecule has 1 aliphatic carbocycles. The fourth-order valence-electron chi connectivity index (χ4n) is 6.60. The van der Waals surface area contributed by atoms with E-state index in [-0.39, 0.29) is 39.8 Å². The van der Waals surface area contributed by atoms with Gasteiger partial charge in [0.05, 0.1) is 18.8 Å². The van der Waals surface area contributed by atoms with Crippen LogP contribution in [0.2, 0.25) is 41.3 Å². The summed E-state index contributed by atoms with van der Waals surface area (Å²) in [5.41, 5.74) is 2.12. The molecule has 1 aliphatic rings. The number of rotatable bonds is 13. The number of hydrogen-bond acceptors (Lipinski definition) is 4. The summed E-state index contributed by atoms with van der Waals surface area (Å²) in [6.45, 7) is 35.6. The molecule has 0 unspecified atom stereocenters. The third-order valence-corrected chi connectivity index (χ3v) is 25.5. The maximum Gasteiger partial charge on any atom is 0.261 e. The third kappa shape index (κ3) is 9.19. The second kappa shape index (κ2) is 15.7. The Morgan fingerprint density at radius 2 is 1.21 bits per heavy atom. The molecule has 2 aromatic carbocycles. The molecule has 7 heteroatoms. The first-order valence-corrected chi connectivity index (χ1v) is 25.9. The lowest BCUT2D eigenvalue weighted by atomic mass is 9.76. The predicted octanol–water partition coefficient (Wildman–Crippen LogP) is 10.0. The number of aliphatic hydroxyl groups excluding tert-OH is 1. The van der Waals surface area contributed by atoms with Gasteiger partial charge in [-0.15, -0.1) is 0 Å². The van der Waals surface area contributed by atoms with Crippen LogP contribution >= 0.6 is 0 Å². The summed E-state index contributed by atoms with van der Waals surface area (Å²) >= 11 is 0. The van der Waals surface area contributed by atoms with Crippen molar-refractivity contribution in [2.45, 2.75) is 142 Å². The van der Waals surface area contributed by atoms with Gasteiger partial charge in [-0.2, -0.15) is 0 Å². The molecule has 3 rings (SSSR count). The minimum Gasteiger partial charge on any atom is -0.413 e. The van der Waals surface area contributed by atoms with E-state index >= 15 is 0 Å². The molecule has 0 aromatic heterocycles. The molecule has 1 saturated carbocycles. The lowest BCUT2D eigenvalue weighted by Gasteiger charge is -2.49. The van der Waals surface area contributed by atoms with E-state index in [2.05, 4.69) is 156 Å². The molecule has 1 N–H and O–H groups in total. The average molecular weight is 709 g/mol. The van der Waals surface area contributed by atoms with Crippen molar-refractivity contribution in [2.75, 3.05) is 13.2 Å². The Labute approximate surface area is 297 Å². The van der Waals surface area contributed by atoms with Crippen molar-refractivity contribution in [1.29, 1.82) is 0 Å². The van der Waals surface area contributed by atoms with Gasteiger partial charge in [-0.25, -0.2) is 0 Å². The van der Waals surface area contributed by atoms with E-state index in [0.717, 1.165) is 36.8 Å². The minimum atomic E-state index is -2.58. The Hall–Kier alpha value is -1.59. The number of unbranched alkanes of at least 4 members (excludes halogenated alkanes) is 1. The smallest absolute Gasteiger partial charge is 0.261 e. The van der Waals surface area contributed by atoms with Crippen molar-refractivity contribution in [2.24, 2.45) is 5.92 Å². The molecule has 4 nitrogen and oxygen atoms in total. The highest BCUT2D eigenvalue weighted by Gasteiger charge is 2.51. The van der Waals surface area contributed by atoms with Crippen LogP contribution in [0, 0.1) is 5.92 Å². The zero-order valence-corrected chi connectivity index (χ0v) is 35.7. The Bertz CT molecular complexity index is 1310. The van der Waals surface area contributed by atoms with Gasteiger partial charge in [-0.1, -0.05) is 142 Å². The zero-order valence-electron chi connectivity index (χ0n) is 32.7. The van der Waals surface area contributed by atoms with Crippen molar-refractivity contribution in [3.8, 4) is 0 Å². The van der Waals surface area contributed by atoms with Crippen molar-refractivity contribution in [3.05, 3.63) is 84.5 Å². The quantitative estimate of drug-likeness (QED) is 0.166. The van der Waals surface area contributed by atoms with Gasteiger partial charge in [0.25, 0.3) is 8.32 Å². The first kappa shape index (κ1) is 40.8. The monoisotopic (exact) mass is 708 g/mol. The van der Waals surface area contributed by atoms with Crippen LogP contribution in [-0.4, -0.2) is 55.5 Å². The first-order valence-electron chi connectivity index (χ1n) is 18.2. The van der Waals surface area contributed by atoms with Crippen LogP contribution in [0.1, 0.15) is 88.0 Å². The van der Waals surface area contributed by atoms with Crippen LogP contribution in [0.25, 0.3) is 0 Å². The Morgan fingerprint density at radius 3 is 1.65 bits per heavy atom. The topological polar surface area (TPSA) is 47.9 Å². The summed E-state index contributed by atoms with van der Waals surface area (Å²) < 4.78 is 21.8. The molecule has 1 fully saturated rings. The van der Waals surface area contributed by atoms with Gasteiger partial charge in [0.2, 0.25) is 0 Å². The Kier molecular flexibility index (Phi) is 13.4. The lowest BCUT2D eigenvalue weighted by molar-refractivity contribution is 0.0245. The molecule has 0 bridgehead atoms. The summed E-state index contributed by atoms with van der Waals surface area (Å²) in [5, 5.41) is 12.7. The fraction of sp³-hybridized carbons (Fsp3) is 0.610. The molecule has 0 aliphatic heterocycles. The standard InChI is InChI=1S/C41H68O4Si3/c1-32-33(28-29-42)31-37(44-46(11,12)39(2,3)4)36(38(32)45-47(13,14)40(5,6)7)27-21-22-30-43-48(41(8,9)10,34-23-17-15-18-24-34)35-25-19-16-20-26-35/h15-20,23-26,28,36-38,42H,1,21-22,27,29-31H2,2-14H3/b33-28-/t36-,37+,38+/m0/s1. The van der Waals surface area contributed by atoms with Gasteiger partial charge in [0.1, 0.15) is 0 Å². The van der Waals surface area contributed by atoms with Crippen molar-refractivity contribution in [1.82, 2.24) is 0 Å². The molecule has 0 heterocycles. The van der Waals surface area contributed by atoms with Crippen LogP contribution in [0.4, 0.5) is 0 Å². The molecule has 3 atom stereocenters. The summed E-state index contributed by atoms with van der Waals surface area (Å²) in [5.74, 6) is 0.185. The van der Waals surface area contributed by atoms with Crippen LogP contribution in [0.15, 0.2) is 84.5 Å². The normalized spacial score (nSPS) is 21.2. The molecule has 0 radical (unpaired) electrons. The van der Waals surface area contributed by atoms with Gasteiger partial charge < -0.3 is 18.4 Å². The SMILES string of the molecule is C=C1/C(=C\CO)C[C@@H](O[Si](C)(C)C(C)(C)C)[C@H](CCCCO[Si](c2ccccc2)(c2ccccc2)C(C)(C)C)[C@@H]1O[Si](C)(C)C(C)(C)C. The van der Waals surface area contributed by atoms with Gasteiger partial charge >= 0.3 is 0 Å². The number of aliphatic hydroxyl groups is 1. The predicted molar refractivity (Wildman–Crippen MR) is 214 cm³/mol. The third-order valence-electron chi connectivity index (χ3n) is 11.5. The van der Waals surface area contributed by atoms with E-state index < -0.39 is 25.0 Å². The van der Waals surface area contributed by atoms with Crippen molar-refractivity contribution < 1.29 is 18.4 Å². The zero-order chi connectivity index (χ0) is 36.2. The summed E-state index contributed by atoms with van der Waals surface area (Å²) in [4.78, 5) is 0. The summed E-state index contributed by atoms with van der Waals surface area (Å²) in [6, 6.07) is 21.8. The fourth-order valence-corrected chi connectivity index (χ4v) is 13.9. The van der Waals surface area contributed by atoms with Crippen molar-refractivity contribution in [3.63, 3.8) is 0 Å². The highest BCUT2D eigenvalue weighted by Crippen LogP contribution is 2.47. The molecule has 0 spiro atoms. The van der Waals surface area contributed by atoms with Gasteiger partial charge in [-0.3, -0.25) is 0 Å². The van der Waals surface area contributed by atoms with E-state index in [4.69, 9.17) is 13.3 Å². The minimum absolute atomic E-state index is 0.00176. The first-order chi connectivity index (χ1) is 22.1. The maximum atomic E-state index is 9.99. The summed E-state index contributed by atoms with van der Waals surface area (Å²) in [7, 11) is -6.82. The van der Waals surface area contributed by atoms with E-state index in [1.807, 2.05) is 6.08 Å². The molecule has 48 heavy (non-hydrogen) atoms. The van der Waals surface area contributed by atoms with Crippen LogP contribution < -0.4 is 10.4 Å². The molecular weight excluding hydrogens is 641 g/mol. The second-order valence-electron chi connectivity index (χ2n) is 18.0. The van der Waals surface area contributed by atoms with Crippen LogP contribution in [-0.2, 0) is 13.3 Å². The largest absolute Gasteiger partial charge is 0.413 e. The molecular formula is C41H68O4Si3. The number of hydrogen-bond donors (Lipinski definition) is 1. The molecule has 0 saturated heterocycles.